The highest BCUT2D eigenvalue weighted by molar-refractivity contribution is 5.93. The first-order valence-electron chi connectivity index (χ1n) is 5.10. The van der Waals surface area contributed by atoms with Crippen LogP contribution in [0.3, 0.4) is 0 Å². The van der Waals surface area contributed by atoms with Crippen LogP contribution in [0.1, 0.15) is 30.1 Å². The van der Waals surface area contributed by atoms with E-state index < -0.39 is 5.97 Å². The Morgan fingerprint density at radius 3 is 3.06 bits per heavy atom. The Balaban J connectivity index is 2.88. The lowest BCUT2D eigenvalue weighted by atomic mass is 10.1. The molecule has 1 heterocycles. The van der Waals surface area contributed by atoms with Crippen molar-refractivity contribution in [2.45, 2.75) is 25.8 Å². The van der Waals surface area contributed by atoms with Crippen molar-refractivity contribution in [2.75, 3.05) is 5.32 Å². The molecule has 0 bridgehead atoms. The van der Waals surface area contributed by atoms with E-state index in [0.717, 1.165) is 12.8 Å². The fraction of sp³-hybridized carbons (Fsp3) is 0.333. The summed E-state index contributed by atoms with van der Waals surface area (Å²) >= 11 is 0. The Morgan fingerprint density at radius 2 is 2.50 bits per heavy atom. The molecule has 0 fully saturated rings. The van der Waals surface area contributed by atoms with Gasteiger partial charge in [-0.2, -0.15) is 0 Å². The number of carboxylic acids is 1. The van der Waals surface area contributed by atoms with Crippen LogP contribution in [0.2, 0.25) is 0 Å². The molecule has 16 heavy (non-hydrogen) atoms. The molecular weight excluding hydrogens is 204 g/mol. The van der Waals surface area contributed by atoms with Crippen LogP contribution in [0.4, 0.5) is 5.82 Å². The predicted molar refractivity (Wildman–Crippen MR) is 62.3 cm³/mol. The molecule has 0 radical (unpaired) electrons. The summed E-state index contributed by atoms with van der Waals surface area (Å²) in [6, 6.07) is 2.90. The van der Waals surface area contributed by atoms with Crippen molar-refractivity contribution in [2.24, 2.45) is 0 Å². The highest BCUT2D eigenvalue weighted by Crippen LogP contribution is 2.13. The Morgan fingerprint density at radius 1 is 1.75 bits per heavy atom. The fourth-order valence-corrected chi connectivity index (χ4v) is 1.34. The van der Waals surface area contributed by atoms with Crippen LogP contribution in [0.5, 0.6) is 0 Å². The Labute approximate surface area is 94.7 Å². The van der Waals surface area contributed by atoms with Crippen molar-refractivity contribution in [1.29, 1.82) is 0 Å². The first-order chi connectivity index (χ1) is 7.69. The van der Waals surface area contributed by atoms with Crippen LogP contribution >= 0.6 is 0 Å². The van der Waals surface area contributed by atoms with Gasteiger partial charge in [0.2, 0.25) is 0 Å². The van der Waals surface area contributed by atoms with E-state index in [0.29, 0.717) is 5.82 Å². The average molecular weight is 218 g/mol. The molecule has 84 valence electrons. The lowest BCUT2D eigenvalue weighted by molar-refractivity contribution is 0.0697. The first-order valence-corrected chi connectivity index (χ1v) is 5.10. The quantitative estimate of drug-likeness (QED) is 0.742. The number of carboxylic acid groups (broad SMARTS) is 1. The molecule has 0 amide bonds. The molecule has 0 saturated carbocycles. The van der Waals surface area contributed by atoms with Crippen molar-refractivity contribution in [3.63, 3.8) is 0 Å². The maximum Gasteiger partial charge on any atom is 0.339 e. The zero-order valence-electron chi connectivity index (χ0n) is 9.10. The van der Waals surface area contributed by atoms with E-state index in [1.165, 1.54) is 12.3 Å². The number of nitrogens with one attached hydrogen (secondary N) is 1. The van der Waals surface area contributed by atoms with E-state index in [1.54, 1.807) is 6.07 Å². The Kier molecular flexibility index (Phi) is 4.34. The zero-order valence-corrected chi connectivity index (χ0v) is 9.10. The second kappa shape index (κ2) is 5.76. The molecule has 4 heteroatoms. The summed E-state index contributed by atoms with van der Waals surface area (Å²) in [6.45, 7) is 2.02. The third kappa shape index (κ3) is 2.99. The summed E-state index contributed by atoms with van der Waals surface area (Å²) in [4.78, 5) is 14.9. The van der Waals surface area contributed by atoms with Crippen LogP contribution in [0, 0.1) is 12.3 Å². The minimum Gasteiger partial charge on any atom is -0.478 e. The van der Waals surface area contributed by atoms with Gasteiger partial charge in [0.25, 0.3) is 0 Å². The molecule has 0 aromatic carbocycles. The van der Waals surface area contributed by atoms with Crippen LogP contribution < -0.4 is 5.32 Å². The number of anilines is 1. The van der Waals surface area contributed by atoms with Gasteiger partial charge in [0.1, 0.15) is 11.4 Å². The lowest BCUT2D eigenvalue weighted by Gasteiger charge is -2.13. The minimum atomic E-state index is -1.01. The SMILES string of the molecule is C#CC(CCC)Nc1ncccc1C(=O)O. The van der Waals surface area contributed by atoms with Gasteiger partial charge in [-0.05, 0) is 18.6 Å². The van der Waals surface area contributed by atoms with Crippen molar-refractivity contribution in [1.82, 2.24) is 4.98 Å². The standard InChI is InChI=1S/C12H14N2O2/c1-3-6-9(4-2)14-11-10(12(15)16)7-5-8-13-11/h2,5,7-9H,3,6H2,1H3,(H,13,14)(H,15,16). The summed E-state index contributed by atoms with van der Waals surface area (Å²) in [5, 5.41) is 11.9. The van der Waals surface area contributed by atoms with Gasteiger partial charge in [0.15, 0.2) is 0 Å². The second-order valence-electron chi connectivity index (χ2n) is 3.36. The molecule has 1 aromatic rings. The molecule has 0 spiro atoms. The number of hydrogen-bond acceptors (Lipinski definition) is 3. The molecule has 1 atom stereocenters. The molecule has 2 N–H and O–H groups in total. The molecule has 1 rings (SSSR count). The van der Waals surface area contributed by atoms with Crippen LogP contribution in [-0.4, -0.2) is 22.1 Å². The molecule has 1 aromatic heterocycles. The number of terminal acetylenes is 1. The maximum absolute atomic E-state index is 10.9. The van der Waals surface area contributed by atoms with Gasteiger partial charge in [0.05, 0.1) is 6.04 Å². The molecule has 0 aliphatic carbocycles. The number of rotatable bonds is 5. The first kappa shape index (κ1) is 12.1. The van der Waals surface area contributed by atoms with Gasteiger partial charge in [0, 0.05) is 6.20 Å². The van der Waals surface area contributed by atoms with Crippen LogP contribution in [-0.2, 0) is 0 Å². The van der Waals surface area contributed by atoms with Gasteiger partial charge < -0.3 is 10.4 Å². The minimum absolute atomic E-state index is 0.138. The second-order valence-corrected chi connectivity index (χ2v) is 3.36. The summed E-state index contributed by atoms with van der Waals surface area (Å²) in [5.74, 6) is 1.89. The normalized spacial score (nSPS) is 11.5. The lowest BCUT2D eigenvalue weighted by Crippen LogP contribution is -2.19. The summed E-state index contributed by atoms with van der Waals surface area (Å²) in [7, 11) is 0. The monoisotopic (exact) mass is 218 g/mol. The van der Waals surface area contributed by atoms with Gasteiger partial charge in [-0.25, -0.2) is 9.78 Å². The molecule has 1 unspecified atom stereocenters. The molecular formula is C12H14N2O2. The average Bonchev–Trinajstić information content (AvgIpc) is 2.29. The van der Waals surface area contributed by atoms with Crippen LogP contribution in [0.25, 0.3) is 0 Å². The number of aromatic carboxylic acids is 1. The maximum atomic E-state index is 10.9. The Bertz CT molecular complexity index is 410. The summed E-state index contributed by atoms with van der Waals surface area (Å²) < 4.78 is 0. The van der Waals surface area contributed by atoms with E-state index >= 15 is 0 Å². The third-order valence-electron chi connectivity index (χ3n) is 2.13. The van der Waals surface area contributed by atoms with Crippen molar-refractivity contribution >= 4 is 11.8 Å². The highest BCUT2D eigenvalue weighted by atomic mass is 16.4. The Hall–Kier alpha value is -2.02. The topological polar surface area (TPSA) is 62.2 Å². The number of hydrogen-bond donors (Lipinski definition) is 2. The van der Waals surface area contributed by atoms with E-state index in [1.807, 2.05) is 6.92 Å². The number of nitrogens with zero attached hydrogens (tertiary/aromatic N) is 1. The highest BCUT2D eigenvalue weighted by Gasteiger charge is 2.12. The smallest absolute Gasteiger partial charge is 0.339 e. The summed E-state index contributed by atoms with van der Waals surface area (Å²) in [5.41, 5.74) is 0.138. The largest absolute Gasteiger partial charge is 0.478 e. The van der Waals surface area contributed by atoms with Crippen molar-refractivity contribution in [3.8, 4) is 12.3 Å². The zero-order chi connectivity index (χ0) is 12.0. The molecule has 0 aliphatic rings. The number of aromatic nitrogens is 1. The van der Waals surface area contributed by atoms with E-state index in [9.17, 15) is 4.79 Å². The van der Waals surface area contributed by atoms with Crippen molar-refractivity contribution < 1.29 is 9.90 Å². The van der Waals surface area contributed by atoms with Gasteiger partial charge >= 0.3 is 5.97 Å². The van der Waals surface area contributed by atoms with Gasteiger partial charge in [-0.15, -0.1) is 6.42 Å². The summed E-state index contributed by atoms with van der Waals surface area (Å²) in [6.07, 6.45) is 8.59. The number of carbonyl (C=O) groups is 1. The van der Waals surface area contributed by atoms with E-state index in [4.69, 9.17) is 11.5 Å². The number of pyridine rings is 1. The van der Waals surface area contributed by atoms with Gasteiger partial charge in [-0.3, -0.25) is 0 Å². The van der Waals surface area contributed by atoms with E-state index in [2.05, 4.69) is 16.2 Å². The van der Waals surface area contributed by atoms with Gasteiger partial charge in [-0.1, -0.05) is 19.3 Å². The predicted octanol–water partition coefficient (Wildman–Crippen LogP) is 1.99. The molecule has 0 aliphatic heterocycles. The molecule has 4 nitrogen and oxygen atoms in total. The van der Waals surface area contributed by atoms with Crippen LogP contribution in [0.15, 0.2) is 18.3 Å². The third-order valence-corrected chi connectivity index (χ3v) is 2.13. The fourth-order valence-electron chi connectivity index (χ4n) is 1.34. The molecule has 0 saturated heterocycles. The van der Waals surface area contributed by atoms with Crippen molar-refractivity contribution in [3.05, 3.63) is 23.9 Å². The van der Waals surface area contributed by atoms with E-state index in [-0.39, 0.29) is 11.6 Å².